The Hall–Kier alpha value is -2.21. The number of nitrogens with zero attached hydrogens (tertiary/aromatic N) is 1. The molecule has 4 unspecified atom stereocenters. The number of rotatable bonds is 2. The van der Waals surface area contributed by atoms with Gasteiger partial charge in [0.15, 0.2) is 11.5 Å². The standard InChI is InChI=1S/C20H23NO5/c1-3-25-19(23)21-9-8-20-12-5-6-14(22)18(20)26-17-15(24-2)7-4-11(16(17)20)10-13(12)21/h4-7,12-14,18,22H,3,8-10H2,1-2H3/t12?,13?,14?,18?,20-/m0/s1. The molecule has 5 rings (SSSR count). The molecule has 2 bridgehead atoms. The van der Waals surface area contributed by atoms with Crippen LogP contribution in [-0.2, 0) is 16.6 Å². The largest absolute Gasteiger partial charge is 0.493 e. The van der Waals surface area contributed by atoms with Gasteiger partial charge in [-0.05, 0) is 31.4 Å². The molecule has 0 radical (unpaired) electrons. The van der Waals surface area contributed by atoms with Gasteiger partial charge in [-0.25, -0.2) is 4.79 Å². The molecule has 0 saturated carbocycles. The van der Waals surface area contributed by atoms with Gasteiger partial charge in [-0.3, -0.25) is 0 Å². The predicted molar refractivity (Wildman–Crippen MR) is 93.6 cm³/mol. The first-order chi connectivity index (χ1) is 12.6. The normalized spacial score (nSPS) is 35.6. The van der Waals surface area contributed by atoms with Crippen LogP contribution >= 0.6 is 0 Å². The molecule has 1 amide bonds. The number of benzene rings is 1. The number of aliphatic hydroxyl groups excluding tert-OH is 1. The molecule has 2 heterocycles. The minimum Gasteiger partial charge on any atom is -0.493 e. The van der Waals surface area contributed by atoms with Crippen molar-refractivity contribution in [3.05, 3.63) is 35.4 Å². The second-order valence-electron chi connectivity index (χ2n) is 7.52. The van der Waals surface area contributed by atoms with Crippen LogP contribution < -0.4 is 9.47 Å². The topological polar surface area (TPSA) is 68.2 Å². The van der Waals surface area contributed by atoms with Crippen molar-refractivity contribution in [2.24, 2.45) is 5.92 Å². The van der Waals surface area contributed by atoms with Crippen molar-refractivity contribution in [2.45, 2.75) is 43.4 Å². The summed E-state index contributed by atoms with van der Waals surface area (Å²) in [6.45, 7) is 2.81. The van der Waals surface area contributed by atoms with Crippen LogP contribution in [-0.4, -0.2) is 54.6 Å². The van der Waals surface area contributed by atoms with E-state index in [2.05, 4.69) is 12.1 Å². The van der Waals surface area contributed by atoms with Crippen LogP contribution in [0.15, 0.2) is 24.3 Å². The summed E-state index contributed by atoms with van der Waals surface area (Å²) in [5, 5.41) is 10.7. The van der Waals surface area contributed by atoms with Crippen LogP contribution in [0.25, 0.3) is 0 Å². The molecular weight excluding hydrogens is 334 g/mol. The van der Waals surface area contributed by atoms with Gasteiger partial charge >= 0.3 is 6.09 Å². The molecule has 1 N–H and O–H groups in total. The molecule has 1 aromatic carbocycles. The van der Waals surface area contributed by atoms with Crippen molar-refractivity contribution >= 4 is 6.09 Å². The zero-order valence-electron chi connectivity index (χ0n) is 15.0. The zero-order chi connectivity index (χ0) is 18.1. The van der Waals surface area contributed by atoms with Crippen molar-refractivity contribution in [3.8, 4) is 11.5 Å². The molecule has 2 aliphatic carbocycles. The monoisotopic (exact) mass is 357 g/mol. The average molecular weight is 357 g/mol. The number of carbonyl (C=O) groups is 1. The van der Waals surface area contributed by atoms with Gasteiger partial charge in [0.25, 0.3) is 0 Å². The SMILES string of the molecule is CCOC(=O)N1CC[C@]23c4c5ccc(OC)c4OC2C(O)C=CC3C1C5. The van der Waals surface area contributed by atoms with Crippen LogP contribution in [0.3, 0.4) is 0 Å². The summed E-state index contributed by atoms with van der Waals surface area (Å²) in [6, 6.07) is 4.02. The van der Waals surface area contributed by atoms with E-state index in [1.807, 2.05) is 24.0 Å². The van der Waals surface area contributed by atoms with E-state index in [1.165, 1.54) is 11.1 Å². The fraction of sp³-hybridized carbons (Fsp3) is 0.550. The maximum absolute atomic E-state index is 12.5. The maximum atomic E-state index is 12.5. The lowest BCUT2D eigenvalue weighted by Gasteiger charge is -2.56. The van der Waals surface area contributed by atoms with Crippen molar-refractivity contribution in [2.75, 3.05) is 20.3 Å². The third-order valence-electron chi connectivity index (χ3n) is 6.58. The molecule has 2 aliphatic heterocycles. The average Bonchev–Trinajstić information content (AvgIpc) is 2.98. The minimum absolute atomic E-state index is 0.0181. The second-order valence-corrected chi connectivity index (χ2v) is 7.52. The number of ether oxygens (including phenoxy) is 3. The number of aliphatic hydroxyl groups is 1. The van der Waals surface area contributed by atoms with Crippen LogP contribution in [0.1, 0.15) is 24.5 Å². The number of likely N-dealkylation sites (tertiary alicyclic amines) is 1. The molecule has 1 fully saturated rings. The van der Waals surface area contributed by atoms with Crippen molar-refractivity contribution in [1.29, 1.82) is 0 Å². The van der Waals surface area contributed by atoms with E-state index in [9.17, 15) is 9.90 Å². The van der Waals surface area contributed by atoms with Gasteiger partial charge < -0.3 is 24.2 Å². The van der Waals surface area contributed by atoms with E-state index in [-0.39, 0.29) is 29.6 Å². The smallest absolute Gasteiger partial charge is 0.410 e. The summed E-state index contributed by atoms with van der Waals surface area (Å²) in [6.07, 6.45) is 4.15. The van der Waals surface area contributed by atoms with E-state index in [0.29, 0.717) is 18.9 Å². The highest BCUT2D eigenvalue weighted by Crippen LogP contribution is 2.62. The van der Waals surface area contributed by atoms with Crippen LogP contribution in [0.5, 0.6) is 11.5 Å². The highest BCUT2D eigenvalue weighted by molar-refractivity contribution is 5.70. The lowest BCUT2D eigenvalue weighted by molar-refractivity contribution is -0.0484. The van der Waals surface area contributed by atoms with Crippen LogP contribution in [0.4, 0.5) is 4.79 Å². The zero-order valence-corrected chi connectivity index (χ0v) is 15.0. The fourth-order valence-electron chi connectivity index (χ4n) is 5.64. The number of hydrogen-bond acceptors (Lipinski definition) is 5. The highest BCUT2D eigenvalue weighted by Gasteiger charge is 2.65. The number of amides is 1. The lowest BCUT2D eigenvalue weighted by Crippen LogP contribution is -2.66. The minimum atomic E-state index is -0.663. The third kappa shape index (κ3) is 1.78. The Morgan fingerprint density at radius 2 is 2.27 bits per heavy atom. The summed E-state index contributed by atoms with van der Waals surface area (Å²) >= 11 is 0. The van der Waals surface area contributed by atoms with Crippen LogP contribution in [0, 0.1) is 5.92 Å². The molecule has 1 saturated heterocycles. The first-order valence-electron chi connectivity index (χ1n) is 9.28. The van der Waals surface area contributed by atoms with Gasteiger partial charge in [-0.15, -0.1) is 0 Å². The molecule has 6 heteroatoms. The molecule has 138 valence electrons. The van der Waals surface area contributed by atoms with Gasteiger partial charge in [0.05, 0.1) is 13.7 Å². The molecule has 4 aliphatic rings. The molecule has 0 aromatic heterocycles. The first kappa shape index (κ1) is 16.0. The fourth-order valence-corrected chi connectivity index (χ4v) is 5.64. The van der Waals surface area contributed by atoms with Gasteiger partial charge in [0, 0.05) is 29.5 Å². The Morgan fingerprint density at radius 3 is 3.04 bits per heavy atom. The molecule has 6 nitrogen and oxygen atoms in total. The summed E-state index contributed by atoms with van der Waals surface area (Å²) in [7, 11) is 1.64. The van der Waals surface area contributed by atoms with E-state index in [0.717, 1.165) is 18.6 Å². The summed E-state index contributed by atoms with van der Waals surface area (Å²) in [4.78, 5) is 14.4. The quantitative estimate of drug-likeness (QED) is 0.821. The van der Waals surface area contributed by atoms with Crippen LogP contribution in [0.2, 0.25) is 0 Å². The highest BCUT2D eigenvalue weighted by atomic mass is 16.6. The Morgan fingerprint density at radius 1 is 1.42 bits per heavy atom. The van der Waals surface area contributed by atoms with Gasteiger partial charge in [-0.2, -0.15) is 0 Å². The summed E-state index contributed by atoms with van der Waals surface area (Å²) in [5.74, 6) is 1.59. The van der Waals surface area contributed by atoms with Gasteiger partial charge in [0.1, 0.15) is 12.2 Å². The van der Waals surface area contributed by atoms with Gasteiger partial charge in [-0.1, -0.05) is 18.2 Å². The van der Waals surface area contributed by atoms with E-state index in [1.54, 1.807) is 7.11 Å². The second kappa shape index (κ2) is 5.39. The number of carbonyl (C=O) groups excluding carboxylic acids is 1. The van der Waals surface area contributed by atoms with E-state index < -0.39 is 6.10 Å². The predicted octanol–water partition coefficient (Wildman–Crippen LogP) is 2.03. The molecule has 26 heavy (non-hydrogen) atoms. The number of piperidine rings is 1. The molecule has 1 spiro atoms. The Kier molecular flexibility index (Phi) is 3.32. The summed E-state index contributed by atoms with van der Waals surface area (Å²) < 4.78 is 17.1. The first-order valence-corrected chi connectivity index (χ1v) is 9.28. The van der Waals surface area contributed by atoms with Crippen molar-refractivity contribution < 1.29 is 24.1 Å². The maximum Gasteiger partial charge on any atom is 0.410 e. The molecule has 1 aromatic rings. The number of methoxy groups -OCH3 is 1. The van der Waals surface area contributed by atoms with Crippen molar-refractivity contribution in [3.63, 3.8) is 0 Å². The Labute approximate surface area is 152 Å². The van der Waals surface area contributed by atoms with Gasteiger partial charge in [0.2, 0.25) is 0 Å². The van der Waals surface area contributed by atoms with Crippen molar-refractivity contribution in [1.82, 2.24) is 4.90 Å². The molecule has 5 atom stereocenters. The summed E-state index contributed by atoms with van der Waals surface area (Å²) in [5.41, 5.74) is 2.05. The van der Waals surface area contributed by atoms with E-state index >= 15 is 0 Å². The Bertz CT molecular complexity index is 806. The Balaban J connectivity index is 1.69. The van der Waals surface area contributed by atoms with E-state index in [4.69, 9.17) is 14.2 Å². The number of hydrogen-bond donors (Lipinski definition) is 1. The lowest BCUT2D eigenvalue weighted by atomic mass is 9.53. The molecular formula is C20H23NO5. The third-order valence-corrected chi connectivity index (χ3v) is 6.58.